The third kappa shape index (κ3) is 4.48. The molecule has 1 atom stereocenters. The number of benzene rings is 2. The molecule has 0 bridgehead atoms. The Hall–Kier alpha value is -2.82. The minimum atomic E-state index is -0.367. The van der Waals surface area contributed by atoms with Gasteiger partial charge in [0.1, 0.15) is 5.75 Å². The van der Waals surface area contributed by atoms with Crippen LogP contribution in [0.4, 0.5) is 11.4 Å². The van der Waals surface area contributed by atoms with E-state index in [9.17, 15) is 9.59 Å². The molecular weight excluding hydrogens is 340 g/mol. The number of ether oxygens (including phenoxy) is 1. The number of amides is 2. The van der Waals surface area contributed by atoms with Crippen molar-refractivity contribution in [3.05, 3.63) is 53.6 Å². The van der Waals surface area contributed by atoms with Gasteiger partial charge in [0.05, 0.1) is 12.0 Å². The van der Waals surface area contributed by atoms with E-state index in [1.165, 1.54) is 5.56 Å². The molecule has 5 heteroatoms. The highest BCUT2D eigenvalue weighted by Gasteiger charge is 2.35. The van der Waals surface area contributed by atoms with Crippen molar-refractivity contribution in [1.82, 2.24) is 0 Å². The SMILES string of the molecule is Cc1ccc(N2C[C@H](C(=O)Nc3cccc(OC(C)C)c3)CC2=O)cc1C. The van der Waals surface area contributed by atoms with E-state index in [1.54, 1.807) is 11.0 Å². The number of nitrogens with zero attached hydrogens (tertiary/aromatic N) is 1. The van der Waals surface area contributed by atoms with Gasteiger partial charge in [-0.2, -0.15) is 0 Å². The molecule has 0 spiro atoms. The fourth-order valence-corrected chi connectivity index (χ4v) is 3.19. The van der Waals surface area contributed by atoms with Crippen molar-refractivity contribution < 1.29 is 14.3 Å². The molecule has 1 fully saturated rings. The number of carbonyl (C=O) groups excluding carboxylic acids is 2. The maximum atomic E-state index is 12.7. The molecular formula is C22H26N2O3. The molecule has 2 amide bonds. The van der Waals surface area contributed by atoms with Gasteiger partial charge in [0.2, 0.25) is 11.8 Å². The summed E-state index contributed by atoms with van der Waals surface area (Å²) < 4.78 is 5.66. The Morgan fingerprint density at radius 1 is 1.15 bits per heavy atom. The number of aryl methyl sites for hydroxylation is 2. The van der Waals surface area contributed by atoms with Crippen LogP contribution in [0.3, 0.4) is 0 Å². The maximum absolute atomic E-state index is 12.7. The number of hydrogen-bond acceptors (Lipinski definition) is 3. The van der Waals surface area contributed by atoms with Gasteiger partial charge >= 0.3 is 0 Å². The van der Waals surface area contributed by atoms with Gasteiger partial charge in [-0.05, 0) is 63.1 Å². The van der Waals surface area contributed by atoms with E-state index < -0.39 is 0 Å². The van der Waals surface area contributed by atoms with Crippen LogP contribution < -0.4 is 15.0 Å². The van der Waals surface area contributed by atoms with Crippen LogP contribution in [0, 0.1) is 19.8 Å². The zero-order valence-electron chi connectivity index (χ0n) is 16.3. The van der Waals surface area contributed by atoms with Crippen molar-refractivity contribution in [2.75, 3.05) is 16.8 Å². The summed E-state index contributed by atoms with van der Waals surface area (Å²) in [5.41, 5.74) is 3.85. The molecule has 0 unspecified atom stereocenters. The van der Waals surface area contributed by atoms with Gasteiger partial charge in [-0.1, -0.05) is 12.1 Å². The summed E-state index contributed by atoms with van der Waals surface area (Å²) in [5, 5.41) is 2.91. The second-order valence-corrected chi connectivity index (χ2v) is 7.36. The van der Waals surface area contributed by atoms with E-state index in [-0.39, 0.29) is 30.3 Å². The van der Waals surface area contributed by atoms with Crippen molar-refractivity contribution in [3.8, 4) is 5.75 Å². The Morgan fingerprint density at radius 2 is 1.93 bits per heavy atom. The average Bonchev–Trinajstić information content (AvgIpc) is 2.99. The molecule has 5 nitrogen and oxygen atoms in total. The second kappa shape index (κ2) is 7.82. The van der Waals surface area contributed by atoms with Crippen molar-refractivity contribution in [2.24, 2.45) is 5.92 Å². The Balaban J connectivity index is 1.68. The maximum Gasteiger partial charge on any atom is 0.229 e. The van der Waals surface area contributed by atoms with Gasteiger partial charge < -0.3 is 15.0 Å². The van der Waals surface area contributed by atoms with Crippen molar-refractivity contribution in [2.45, 2.75) is 40.2 Å². The van der Waals surface area contributed by atoms with Crippen LogP contribution in [-0.4, -0.2) is 24.5 Å². The van der Waals surface area contributed by atoms with Gasteiger partial charge in [-0.15, -0.1) is 0 Å². The summed E-state index contributed by atoms with van der Waals surface area (Å²) in [7, 11) is 0. The van der Waals surface area contributed by atoms with Crippen LogP contribution in [0.2, 0.25) is 0 Å². The van der Waals surface area contributed by atoms with Gasteiger partial charge in [0, 0.05) is 30.4 Å². The quantitative estimate of drug-likeness (QED) is 0.867. The Bertz CT molecular complexity index is 860. The largest absolute Gasteiger partial charge is 0.491 e. The molecule has 2 aromatic rings. The molecule has 3 rings (SSSR count). The predicted octanol–water partition coefficient (Wildman–Crippen LogP) is 4.08. The molecule has 0 saturated carbocycles. The van der Waals surface area contributed by atoms with Crippen LogP contribution in [0.1, 0.15) is 31.4 Å². The standard InChI is InChI=1S/C22H26N2O3/c1-14(2)27-20-7-5-6-18(12-20)23-22(26)17-11-21(25)24(13-17)19-9-8-15(3)16(4)10-19/h5-10,12,14,17H,11,13H2,1-4H3,(H,23,26)/t17-/m1/s1. The van der Waals surface area contributed by atoms with Gasteiger partial charge in [0.25, 0.3) is 0 Å². The molecule has 142 valence electrons. The summed E-state index contributed by atoms with van der Waals surface area (Å²) in [6.45, 7) is 8.37. The Labute approximate surface area is 160 Å². The Kier molecular flexibility index (Phi) is 5.49. The van der Waals surface area contributed by atoms with Crippen LogP contribution in [0.15, 0.2) is 42.5 Å². The first-order chi connectivity index (χ1) is 12.8. The molecule has 1 saturated heterocycles. The molecule has 1 heterocycles. The number of carbonyl (C=O) groups is 2. The molecule has 0 aromatic heterocycles. The molecule has 1 N–H and O–H groups in total. The third-order valence-corrected chi connectivity index (χ3v) is 4.77. The average molecular weight is 366 g/mol. The lowest BCUT2D eigenvalue weighted by Crippen LogP contribution is -2.28. The zero-order chi connectivity index (χ0) is 19.6. The lowest BCUT2D eigenvalue weighted by molar-refractivity contribution is -0.122. The summed E-state index contributed by atoms with van der Waals surface area (Å²) in [6, 6.07) is 13.3. The highest BCUT2D eigenvalue weighted by atomic mass is 16.5. The minimum absolute atomic E-state index is 0.0182. The Morgan fingerprint density at radius 3 is 2.63 bits per heavy atom. The molecule has 0 radical (unpaired) electrons. The van der Waals surface area contributed by atoms with Crippen molar-refractivity contribution in [1.29, 1.82) is 0 Å². The first kappa shape index (κ1) is 19.0. The number of rotatable bonds is 5. The van der Waals surface area contributed by atoms with Gasteiger partial charge in [-0.25, -0.2) is 0 Å². The van der Waals surface area contributed by atoms with Crippen LogP contribution in [0.25, 0.3) is 0 Å². The number of hydrogen-bond donors (Lipinski definition) is 1. The fourth-order valence-electron chi connectivity index (χ4n) is 3.19. The smallest absolute Gasteiger partial charge is 0.229 e. The first-order valence-electron chi connectivity index (χ1n) is 9.28. The number of anilines is 2. The van der Waals surface area contributed by atoms with E-state index in [1.807, 2.05) is 64.1 Å². The summed E-state index contributed by atoms with van der Waals surface area (Å²) in [5.74, 6) is 0.183. The highest BCUT2D eigenvalue weighted by molar-refractivity contribution is 6.03. The van der Waals surface area contributed by atoms with Gasteiger partial charge in [0.15, 0.2) is 0 Å². The monoisotopic (exact) mass is 366 g/mol. The summed E-state index contributed by atoms with van der Waals surface area (Å²) in [4.78, 5) is 26.8. The number of nitrogens with one attached hydrogen (secondary N) is 1. The van der Waals surface area contributed by atoms with Crippen molar-refractivity contribution in [3.63, 3.8) is 0 Å². The van der Waals surface area contributed by atoms with E-state index in [4.69, 9.17) is 4.74 Å². The van der Waals surface area contributed by atoms with Crippen LogP contribution in [-0.2, 0) is 9.59 Å². The highest BCUT2D eigenvalue weighted by Crippen LogP contribution is 2.28. The lowest BCUT2D eigenvalue weighted by Gasteiger charge is -2.18. The van der Waals surface area contributed by atoms with E-state index in [0.29, 0.717) is 18.0 Å². The molecule has 2 aromatic carbocycles. The van der Waals surface area contributed by atoms with E-state index >= 15 is 0 Å². The summed E-state index contributed by atoms with van der Waals surface area (Å²) in [6.07, 6.45) is 0.288. The predicted molar refractivity (Wildman–Crippen MR) is 107 cm³/mol. The van der Waals surface area contributed by atoms with Crippen LogP contribution in [0.5, 0.6) is 5.75 Å². The van der Waals surface area contributed by atoms with Gasteiger partial charge in [-0.3, -0.25) is 9.59 Å². The normalized spacial score (nSPS) is 16.7. The van der Waals surface area contributed by atoms with E-state index in [2.05, 4.69) is 5.32 Å². The first-order valence-corrected chi connectivity index (χ1v) is 9.28. The van der Waals surface area contributed by atoms with Crippen LogP contribution >= 0.6 is 0 Å². The molecule has 1 aliphatic rings. The second-order valence-electron chi connectivity index (χ2n) is 7.36. The summed E-state index contributed by atoms with van der Waals surface area (Å²) >= 11 is 0. The fraction of sp³-hybridized carbons (Fsp3) is 0.364. The minimum Gasteiger partial charge on any atom is -0.491 e. The molecule has 27 heavy (non-hydrogen) atoms. The molecule has 1 aliphatic heterocycles. The molecule has 0 aliphatic carbocycles. The third-order valence-electron chi connectivity index (χ3n) is 4.77. The van der Waals surface area contributed by atoms with E-state index in [0.717, 1.165) is 11.3 Å². The zero-order valence-corrected chi connectivity index (χ0v) is 16.3. The lowest BCUT2D eigenvalue weighted by atomic mass is 10.1. The topological polar surface area (TPSA) is 58.6 Å². The van der Waals surface area contributed by atoms with Crippen molar-refractivity contribution >= 4 is 23.2 Å².